The highest BCUT2D eigenvalue weighted by Gasteiger charge is 2.25. The number of carboxylic acid groups (broad SMARTS) is 1. The van der Waals surface area contributed by atoms with Gasteiger partial charge in [0.1, 0.15) is 11.4 Å². The summed E-state index contributed by atoms with van der Waals surface area (Å²) in [7, 11) is 0. The van der Waals surface area contributed by atoms with Crippen LogP contribution in [0.4, 0.5) is 5.82 Å². The predicted molar refractivity (Wildman–Crippen MR) is 73.5 cm³/mol. The minimum atomic E-state index is -0.950. The molecule has 0 saturated carbocycles. The summed E-state index contributed by atoms with van der Waals surface area (Å²) in [6.45, 7) is 1.42. The lowest BCUT2D eigenvalue weighted by Crippen LogP contribution is -2.28. The standard InChI is InChI=1S/C14H15N3O2/c15-10-5-6-17(8-10)13-11(14(18)19)7-9-3-1-2-4-12(9)16-13/h1-4,7,10H,5-6,8,15H2,(H,18,19). The summed E-state index contributed by atoms with van der Waals surface area (Å²) in [5.41, 5.74) is 6.94. The van der Waals surface area contributed by atoms with Gasteiger partial charge < -0.3 is 15.7 Å². The van der Waals surface area contributed by atoms with Crippen molar-refractivity contribution in [2.75, 3.05) is 18.0 Å². The maximum Gasteiger partial charge on any atom is 0.339 e. The fourth-order valence-corrected chi connectivity index (χ4v) is 2.48. The lowest BCUT2D eigenvalue weighted by Gasteiger charge is -2.19. The number of aromatic carboxylic acids is 1. The van der Waals surface area contributed by atoms with E-state index in [4.69, 9.17) is 5.73 Å². The van der Waals surface area contributed by atoms with E-state index in [1.807, 2.05) is 29.2 Å². The van der Waals surface area contributed by atoms with Gasteiger partial charge in [0.15, 0.2) is 0 Å². The van der Waals surface area contributed by atoms with Gasteiger partial charge in [-0.2, -0.15) is 0 Å². The molecule has 3 N–H and O–H groups in total. The Hall–Kier alpha value is -2.14. The maximum absolute atomic E-state index is 11.4. The van der Waals surface area contributed by atoms with Gasteiger partial charge in [0.2, 0.25) is 0 Å². The number of aromatic nitrogens is 1. The second kappa shape index (κ2) is 4.51. The number of nitrogens with zero attached hydrogens (tertiary/aromatic N) is 2. The van der Waals surface area contributed by atoms with Crippen LogP contribution in [0.15, 0.2) is 30.3 Å². The van der Waals surface area contributed by atoms with E-state index < -0.39 is 5.97 Å². The first kappa shape index (κ1) is 11.9. The molecular weight excluding hydrogens is 242 g/mol. The zero-order valence-corrected chi connectivity index (χ0v) is 10.4. The second-order valence-corrected chi connectivity index (χ2v) is 4.85. The van der Waals surface area contributed by atoms with Gasteiger partial charge in [0, 0.05) is 24.5 Å². The van der Waals surface area contributed by atoms with Crippen LogP contribution >= 0.6 is 0 Å². The fraction of sp³-hybridized carbons (Fsp3) is 0.286. The number of pyridine rings is 1. The zero-order valence-electron chi connectivity index (χ0n) is 10.4. The number of hydrogen-bond donors (Lipinski definition) is 2. The quantitative estimate of drug-likeness (QED) is 0.851. The molecule has 1 saturated heterocycles. The number of benzene rings is 1. The zero-order chi connectivity index (χ0) is 13.4. The molecule has 1 aromatic carbocycles. The molecule has 3 rings (SSSR count). The molecule has 0 amide bonds. The molecule has 2 heterocycles. The third kappa shape index (κ3) is 2.13. The predicted octanol–water partition coefficient (Wildman–Crippen LogP) is 1.47. The van der Waals surface area contributed by atoms with Crippen molar-refractivity contribution in [1.29, 1.82) is 0 Å². The summed E-state index contributed by atoms with van der Waals surface area (Å²) < 4.78 is 0. The van der Waals surface area contributed by atoms with Crippen molar-refractivity contribution in [3.8, 4) is 0 Å². The Balaban J connectivity index is 2.15. The van der Waals surface area contributed by atoms with Crippen LogP contribution < -0.4 is 10.6 Å². The monoisotopic (exact) mass is 257 g/mol. The van der Waals surface area contributed by atoms with Crippen LogP contribution in [0.3, 0.4) is 0 Å². The normalized spacial score (nSPS) is 19.0. The van der Waals surface area contributed by atoms with Crippen LogP contribution in [0.1, 0.15) is 16.8 Å². The fourth-order valence-electron chi connectivity index (χ4n) is 2.48. The van der Waals surface area contributed by atoms with Crippen molar-refractivity contribution in [1.82, 2.24) is 4.98 Å². The van der Waals surface area contributed by atoms with Gasteiger partial charge in [-0.05, 0) is 18.6 Å². The van der Waals surface area contributed by atoms with Crippen LogP contribution in [-0.4, -0.2) is 35.2 Å². The molecule has 0 radical (unpaired) electrons. The summed E-state index contributed by atoms with van der Waals surface area (Å²) in [5.74, 6) is -0.423. The number of rotatable bonds is 2. The van der Waals surface area contributed by atoms with Crippen molar-refractivity contribution in [2.45, 2.75) is 12.5 Å². The van der Waals surface area contributed by atoms with Crippen LogP contribution in [-0.2, 0) is 0 Å². The Morgan fingerprint density at radius 1 is 1.42 bits per heavy atom. The summed E-state index contributed by atoms with van der Waals surface area (Å²) in [6.07, 6.45) is 0.869. The smallest absolute Gasteiger partial charge is 0.339 e. The van der Waals surface area contributed by atoms with Crippen LogP contribution in [0.5, 0.6) is 0 Å². The molecule has 0 spiro atoms. The highest BCUT2D eigenvalue weighted by atomic mass is 16.4. The third-order valence-corrected chi connectivity index (χ3v) is 3.46. The van der Waals surface area contributed by atoms with Gasteiger partial charge in [-0.25, -0.2) is 9.78 Å². The highest BCUT2D eigenvalue weighted by molar-refractivity contribution is 5.98. The Bertz CT molecular complexity index is 642. The van der Waals surface area contributed by atoms with Gasteiger partial charge >= 0.3 is 5.97 Å². The molecule has 0 bridgehead atoms. The lowest BCUT2D eigenvalue weighted by molar-refractivity contribution is 0.0697. The van der Waals surface area contributed by atoms with E-state index in [0.717, 1.165) is 23.9 Å². The molecule has 0 aliphatic carbocycles. The minimum absolute atomic E-state index is 0.0925. The first-order valence-corrected chi connectivity index (χ1v) is 6.29. The maximum atomic E-state index is 11.4. The van der Waals surface area contributed by atoms with Crippen molar-refractivity contribution in [3.63, 3.8) is 0 Å². The Morgan fingerprint density at radius 2 is 2.21 bits per heavy atom. The molecule has 98 valence electrons. The Morgan fingerprint density at radius 3 is 2.89 bits per heavy atom. The number of anilines is 1. The summed E-state index contributed by atoms with van der Waals surface area (Å²) in [5, 5.41) is 10.2. The molecule has 19 heavy (non-hydrogen) atoms. The van der Waals surface area contributed by atoms with Gasteiger partial charge in [0.25, 0.3) is 0 Å². The number of fused-ring (bicyclic) bond motifs is 1. The van der Waals surface area contributed by atoms with Crippen LogP contribution in [0.25, 0.3) is 10.9 Å². The third-order valence-electron chi connectivity index (χ3n) is 3.46. The lowest BCUT2D eigenvalue weighted by atomic mass is 10.1. The van der Waals surface area contributed by atoms with Gasteiger partial charge in [0.05, 0.1) is 5.52 Å². The number of para-hydroxylation sites is 1. The average molecular weight is 257 g/mol. The van der Waals surface area contributed by atoms with E-state index in [1.165, 1.54) is 0 Å². The van der Waals surface area contributed by atoms with Crippen molar-refractivity contribution in [3.05, 3.63) is 35.9 Å². The topological polar surface area (TPSA) is 79.5 Å². The van der Waals surface area contributed by atoms with Gasteiger partial charge in [-0.1, -0.05) is 18.2 Å². The van der Waals surface area contributed by atoms with E-state index in [0.29, 0.717) is 12.4 Å². The van der Waals surface area contributed by atoms with E-state index in [1.54, 1.807) is 6.07 Å². The Kier molecular flexibility index (Phi) is 2.83. The molecule has 1 unspecified atom stereocenters. The van der Waals surface area contributed by atoms with Gasteiger partial charge in [-0.15, -0.1) is 0 Å². The van der Waals surface area contributed by atoms with E-state index in [2.05, 4.69) is 4.98 Å². The largest absolute Gasteiger partial charge is 0.478 e. The van der Waals surface area contributed by atoms with E-state index >= 15 is 0 Å². The van der Waals surface area contributed by atoms with Crippen molar-refractivity contribution < 1.29 is 9.90 Å². The summed E-state index contributed by atoms with van der Waals surface area (Å²) in [4.78, 5) is 17.9. The Labute approximate surface area is 110 Å². The molecule has 1 atom stereocenters. The van der Waals surface area contributed by atoms with E-state index in [-0.39, 0.29) is 11.6 Å². The molecule has 5 heteroatoms. The van der Waals surface area contributed by atoms with Crippen molar-refractivity contribution >= 4 is 22.7 Å². The average Bonchev–Trinajstić information content (AvgIpc) is 2.83. The second-order valence-electron chi connectivity index (χ2n) is 4.85. The first-order valence-electron chi connectivity index (χ1n) is 6.29. The SMILES string of the molecule is NC1CCN(c2nc3ccccc3cc2C(=O)O)C1. The minimum Gasteiger partial charge on any atom is -0.478 e. The molecular formula is C14H15N3O2. The molecule has 1 aromatic heterocycles. The number of nitrogens with two attached hydrogens (primary N) is 1. The molecule has 1 aliphatic rings. The highest BCUT2D eigenvalue weighted by Crippen LogP contribution is 2.26. The number of carboxylic acids is 1. The molecule has 1 aliphatic heterocycles. The first-order chi connectivity index (χ1) is 9.15. The molecule has 2 aromatic rings. The van der Waals surface area contributed by atoms with Crippen LogP contribution in [0, 0.1) is 0 Å². The summed E-state index contributed by atoms with van der Waals surface area (Å²) >= 11 is 0. The molecule has 5 nitrogen and oxygen atoms in total. The summed E-state index contributed by atoms with van der Waals surface area (Å²) in [6, 6.07) is 9.31. The van der Waals surface area contributed by atoms with Crippen molar-refractivity contribution in [2.24, 2.45) is 5.73 Å². The number of carbonyl (C=O) groups is 1. The van der Waals surface area contributed by atoms with Crippen LogP contribution in [0.2, 0.25) is 0 Å². The number of hydrogen-bond acceptors (Lipinski definition) is 4. The van der Waals surface area contributed by atoms with Gasteiger partial charge in [-0.3, -0.25) is 0 Å². The molecule has 1 fully saturated rings. The van der Waals surface area contributed by atoms with E-state index in [9.17, 15) is 9.90 Å².